The largest absolute Gasteiger partial charge is 0.457 e. The van der Waals surface area contributed by atoms with Crippen LogP contribution in [0.25, 0.3) is 5.53 Å². The van der Waals surface area contributed by atoms with Crippen molar-refractivity contribution in [3.8, 4) is 0 Å². The Kier molecular flexibility index (Phi) is 5.38. The third kappa shape index (κ3) is 3.52. The molecule has 0 aromatic heterocycles. The van der Waals surface area contributed by atoms with E-state index in [4.69, 9.17) is 10.3 Å². The second-order valence-corrected chi connectivity index (χ2v) is 5.09. The van der Waals surface area contributed by atoms with Crippen LogP contribution >= 0.6 is 0 Å². The zero-order chi connectivity index (χ0) is 16.8. The molecule has 1 aliphatic heterocycles. The van der Waals surface area contributed by atoms with Crippen molar-refractivity contribution in [2.24, 2.45) is 0 Å². The van der Waals surface area contributed by atoms with E-state index in [0.717, 1.165) is 0 Å². The van der Waals surface area contributed by atoms with Crippen LogP contribution in [0.5, 0.6) is 0 Å². The van der Waals surface area contributed by atoms with Crippen LogP contribution in [0, 0.1) is 0 Å². The van der Waals surface area contributed by atoms with Crippen molar-refractivity contribution >= 4 is 29.1 Å². The number of Topliss-reactive ketones (excluding diaryl/α,β-unsaturated/α-hetero) is 1. The van der Waals surface area contributed by atoms with Gasteiger partial charge in [0.1, 0.15) is 0 Å². The molecule has 0 spiro atoms. The van der Waals surface area contributed by atoms with Crippen LogP contribution in [0.15, 0.2) is 24.3 Å². The van der Waals surface area contributed by atoms with Crippen LogP contribution in [-0.2, 0) is 14.3 Å². The maximum Gasteiger partial charge on any atom is 0.416 e. The molecule has 0 bridgehead atoms. The number of amides is 1. The van der Waals surface area contributed by atoms with Gasteiger partial charge in [-0.1, -0.05) is 19.1 Å². The molecule has 0 unspecified atom stereocenters. The Balaban J connectivity index is 1.96. The Labute approximate surface area is 133 Å². The summed E-state index contributed by atoms with van der Waals surface area (Å²) < 4.78 is 4.90. The maximum absolute atomic E-state index is 12.0. The summed E-state index contributed by atoms with van der Waals surface area (Å²) in [6.07, 6.45) is 1.19. The van der Waals surface area contributed by atoms with Crippen molar-refractivity contribution in [1.29, 1.82) is 0 Å². The molecule has 1 aromatic rings. The van der Waals surface area contributed by atoms with E-state index in [0.29, 0.717) is 24.1 Å². The first kappa shape index (κ1) is 16.6. The van der Waals surface area contributed by atoms with Gasteiger partial charge in [0.15, 0.2) is 0 Å². The number of hydrogen-bond acceptors (Lipinski definition) is 4. The highest BCUT2D eigenvalue weighted by molar-refractivity contribution is 6.52. The van der Waals surface area contributed by atoms with E-state index in [9.17, 15) is 14.4 Å². The lowest BCUT2D eigenvalue weighted by molar-refractivity contribution is -0.140. The number of esters is 1. The number of carbonyl (C=O) groups is 3. The van der Waals surface area contributed by atoms with Crippen LogP contribution in [0.1, 0.15) is 36.5 Å². The molecule has 0 atom stereocenters. The fraction of sp³-hybridized carbons (Fsp3) is 0.375. The topological polar surface area (TPSA) is 100 Å². The van der Waals surface area contributed by atoms with Gasteiger partial charge < -0.3 is 15.2 Å². The average molecular weight is 315 g/mol. The molecule has 0 saturated heterocycles. The number of anilines is 1. The smallest absolute Gasteiger partial charge is 0.416 e. The normalized spacial score (nSPS) is 12.8. The van der Waals surface area contributed by atoms with Crippen LogP contribution in [0.3, 0.4) is 0 Å². The van der Waals surface area contributed by atoms with E-state index >= 15 is 0 Å². The third-order valence-electron chi connectivity index (χ3n) is 3.47. The summed E-state index contributed by atoms with van der Waals surface area (Å²) in [5.41, 5.74) is 9.75. The van der Waals surface area contributed by atoms with E-state index in [1.54, 1.807) is 24.3 Å². The Hall–Kier alpha value is -2.79. The summed E-state index contributed by atoms with van der Waals surface area (Å²) in [4.78, 5) is 39.8. The molecule has 0 radical (unpaired) electrons. The average Bonchev–Trinajstić information content (AvgIpc) is 2.81. The molecule has 7 nitrogen and oxygen atoms in total. The van der Waals surface area contributed by atoms with Crippen LogP contribution < -0.4 is 4.90 Å². The summed E-state index contributed by atoms with van der Waals surface area (Å²) in [7, 11) is 0. The molecular weight excluding hydrogens is 298 g/mol. The van der Waals surface area contributed by atoms with Crippen molar-refractivity contribution in [3.05, 3.63) is 35.4 Å². The van der Waals surface area contributed by atoms with Gasteiger partial charge in [-0.2, -0.15) is 4.79 Å². The first-order valence-corrected chi connectivity index (χ1v) is 7.43. The van der Waals surface area contributed by atoms with Crippen LogP contribution in [0.2, 0.25) is 0 Å². The second kappa shape index (κ2) is 7.47. The molecule has 1 aromatic carbocycles. The molecule has 23 heavy (non-hydrogen) atoms. The molecule has 0 aliphatic carbocycles. The van der Waals surface area contributed by atoms with Gasteiger partial charge in [-0.15, -0.1) is 0 Å². The summed E-state index contributed by atoms with van der Waals surface area (Å²) in [5.74, 6) is -1.78. The van der Waals surface area contributed by atoms with Gasteiger partial charge in [0.25, 0.3) is 11.7 Å². The number of rotatable bonds is 7. The van der Waals surface area contributed by atoms with Gasteiger partial charge >= 0.3 is 11.7 Å². The maximum atomic E-state index is 12.0. The van der Waals surface area contributed by atoms with E-state index in [-0.39, 0.29) is 25.3 Å². The Morgan fingerprint density at radius 1 is 1.30 bits per heavy atom. The van der Waals surface area contributed by atoms with Crippen LogP contribution in [-0.4, -0.2) is 41.3 Å². The van der Waals surface area contributed by atoms with Gasteiger partial charge in [0.2, 0.25) is 0 Å². The Bertz CT molecular complexity index is 692. The molecule has 0 fully saturated rings. The molecule has 120 valence electrons. The summed E-state index contributed by atoms with van der Waals surface area (Å²) in [6.45, 7) is 2.36. The van der Waals surface area contributed by atoms with Gasteiger partial charge in [-0.25, -0.2) is 4.79 Å². The third-order valence-corrected chi connectivity index (χ3v) is 3.47. The molecule has 1 heterocycles. The second-order valence-electron chi connectivity index (χ2n) is 5.09. The molecule has 0 saturated carbocycles. The number of fused-ring (bicyclic) bond motifs is 1. The van der Waals surface area contributed by atoms with Crippen molar-refractivity contribution in [2.75, 3.05) is 18.1 Å². The highest BCUT2D eigenvalue weighted by atomic mass is 16.5. The van der Waals surface area contributed by atoms with Gasteiger partial charge in [0, 0.05) is 6.54 Å². The SMILES string of the molecule is CCCOC(=O)C(CCCN1C(=O)C(=O)c2ccccc21)=[N+]=[N-]. The molecular formula is C16H17N3O4. The highest BCUT2D eigenvalue weighted by Gasteiger charge is 2.35. The lowest BCUT2D eigenvalue weighted by atomic mass is 10.1. The number of ether oxygens (including phenoxy) is 1. The molecule has 7 heteroatoms. The predicted octanol–water partition coefficient (Wildman–Crippen LogP) is 1.62. The summed E-state index contributed by atoms with van der Waals surface area (Å²) in [6, 6.07) is 6.77. The fourth-order valence-electron chi connectivity index (χ4n) is 2.35. The van der Waals surface area contributed by atoms with E-state index in [2.05, 4.69) is 4.79 Å². The number of nitrogens with zero attached hydrogens (tertiary/aromatic N) is 3. The minimum Gasteiger partial charge on any atom is -0.457 e. The van der Waals surface area contributed by atoms with E-state index < -0.39 is 17.7 Å². The Morgan fingerprint density at radius 3 is 2.74 bits per heavy atom. The quantitative estimate of drug-likeness (QED) is 0.251. The van der Waals surface area contributed by atoms with Crippen molar-refractivity contribution in [2.45, 2.75) is 26.2 Å². The minimum atomic E-state index is -0.668. The standard InChI is InChI=1S/C16H17N3O4/c1-2-10-23-16(22)12(18-17)7-5-9-19-13-8-4-3-6-11(13)14(20)15(19)21/h3-4,6,8H,2,5,7,9-10H2,1H3. The van der Waals surface area contributed by atoms with Crippen LogP contribution in [0.4, 0.5) is 5.69 Å². The van der Waals surface area contributed by atoms with E-state index in [1.807, 2.05) is 6.92 Å². The van der Waals surface area contributed by atoms with Crippen molar-refractivity contribution < 1.29 is 23.9 Å². The van der Waals surface area contributed by atoms with Gasteiger partial charge in [0.05, 0.1) is 24.3 Å². The Morgan fingerprint density at radius 2 is 2.04 bits per heavy atom. The number of para-hydroxylation sites is 1. The fourth-order valence-corrected chi connectivity index (χ4v) is 2.35. The monoisotopic (exact) mass is 315 g/mol. The lowest BCUT2D eigenvalue weighted by Crippen LogP contribution is -2.31. The lowest BCUT2D eigenvalue weighted by Gasteiger charge is -2.15. The molecule has 1 amide bonds. The first-order chi connectivity index (χ1) is 11.1. The van der Waals surface area contributed by atoms with Crippen molar-refractivity contribution in [1.82, 2.24) is 0 Å². The van der Waals surface area contributed by atoms with Gasteiger partial charge in [-0.3, -0.25) is 9.59 Å². The van der Waals surface area contributed by atoms with Gasteiger partial charge in [-0.05, 0) is 25.0 Å². The minimum absolute atomic E-state index is 0.0929. The number of benzene rings is 1. The number of carbonyl (C=O) groups excluding carboxylic acids is 3. The molecule has 1 aliphatic rings. The van der Waals surface area contributed by atoms with Crippen molar-refractivity contribution in [3.63, 3.8) is 0 Å². The van der Waals surface area contributed by atoms with E-state index in [1.165, 1.54) is 4.90 Å². The zero-order valence-corrected chi connectivity index (χ0v) is 12.8. The first-order valence-electron chi connectivity index (χ1n) is 7.43. The number of ketones is 1. The highest BCUT2D eigenvalue weighted by Crippen LogP contribution is 2.28. The zero-order valence-electron chi connectivity index (χ0n) is 12.8. The summed E-state index contributed by atoms with van der Waals surface area (Å²) >= 11 is 0. The number of hydrogen-bond donors (Lipinski definition) is 0. The molecule has 2 rings (SSSR count). The summed E-state index contributed by atoms with van der Waals surface area (Å²) in [5, 5.41) is 0. The predicted molar refractivity (Wildman–Crippen MR) is 82.2 cm³/mol. The molecule has 0 N–H and O–H groups in total.